The molecule has 0 radical (unpaired) electrons. The highest BCUT2D eigenvalue weighted by molar-refractivity contribution is 5.27. The van der Waals surface area contributed by atoms with E-state index in [4.69, 9.17) is 0 Å². The zero-order valence-corrected chi connectivity index (χ0v) is 8.48. The minimum absolute atomic E-state index is 0.190. The van der Waals surface area contributed by atoms with Crippen molar-refractivity contribution in [1.82, 2.24) is 5.32 Å². The Kier molecular flexibility index (Phi) is 3.58. The molecular weight excluding hydrogens is 184 g/mol. The lowest BCUT2D eigenvalue weighted by Gasteiger charge is -2.13. The highest BCUT2D eigenvalue weighted by atomic mass is 19.3. The van der Waals surface area contributed by atoms with Gasteiger partial charge in [-0.25, -0.2) is 8.78 Å². The predicted molar refractivity (Wildman–Crippen MR) is 53.5 cm³/mol. The Morgan fingerprint density at radius 2 is 1.79 bits per heavy atom. The maximum absolute atomic E-state index is 12.8. The molecule has 0 saturated carbocycles. The molecule has 1 nitrogen and oxygen atoms in total. The van der Waals surface area contributed by atoms with Gasteiger partial charge in [0.15, 0.2) is 0 Å². The molecule has 0 fully saturated rings. The molecule has 0 saturated heterocycles. The largest absolute Gasteiger partial charge is 0.316 e. The van der Waals surface area contributed by atoms with E-state index in [1.54, 1.807) is 19.2 Å². The molecule has 0 amide bonds. The summed E-state index contributed by atoms with van der Waals surface area (Å²) in [5.41, 5.74) is 1.66. The topological polar surface area (TPSA) is 12.0 Å². The van der Waals surface area contributed by atoms with Crippen LogP contribution in [0.3, 0.4) is 0 Å². The Morgan fingerprint density at radius 1 is 1.21 bits per heavy atom. The molecule has 3 heteroatoms. The molecule has 0 aliphatic heterocycles. The van der Waals surface area contributed by atoms with Gasteiger partial charge in [0.05, 0.1) is 0 Å². The van der Waals surface area contributed by atoms with E-state index in [9.17, 15) is 8.78 Å². The lowest BCUT2D eigenvalue weighted by atomic mass is 10.0. The number of rotatable bonds is 4. The molecule has 78 valence electrons. The van der Waals surface area contributed by atoms with Gasteiger partial charge in [0.2, 0.25) is 5.92 Å². The van der Waals surface area contributed by atoms with Gasteiger partial charge < -0.3 is 5.32 Å². The Bertz CT molecular complexity index is 292. The Balaban J connectivity index is 2.84. The zero-order chi connectivity index (χ0) is 10.6. The lowest BCUT2D eigenvalue weighted by molar-refractivity contribution is 0.0224. The van der Waals surface area contributed by atoms with Gasteiger partial charge in [-0.1, -0.05) is 24.3 Å². The molecule has 0 spiro atoms. The number of alkyl halides is 2. The first kappa shape index (κ1) is 11.1. The van der Waals surface area contributed by atoms with E-state index in [-0.39, 0.29) is 6.42 Å². The lowest BCUT2D eigenvalue weighted by Crippen LogP contribution is -2.16. The van der Waals surface area contributed by atoms with Gasteiger partial charge in [-0.2, -0.15) is 0 Å². The maximum Gasteiger partial charge on any atom is 0.249 e. The summed E-state index contributed by atoms with van der Waals surface area (Å²) in [6.45, 7) is 1.58. The first-order chi connectivity index (χ1) is 6.53. The molecule has 0 unspecified atom stereocenters. The van der Waals surface area contributed by atoms with Gasteiger partial charge in [-0.3, -0.25) is 0 Å². The molecule has 1 aromatic carbocycles. The van der Waals surface area contributed by atoms with E-state index < -0.39 is 5.92 Å². The first-order valence-electron chi connectivity index (χ1n) is 4.62. The summed E-state index contributed by atoms with van der Waals surface area (Å²) in [7, 11) is 1.81. The Labute approximate surface area is 83.1 Å². The fraction of sp³-hybridized carbons (Fsp3) is 0.455. The van der Waals surface area contributed by atoms with E-state index in [0.29, 0.717) is 12.1 Å². The van der Waals surface area contributed by atoms with Gasteiger partial charge in [-0.05, 0) is 25.1 Å². The van der Waals surface area contributed by atoms with Crippen LogP contribution in [0.25, 0.3) is 0 Å². The third-order valence-corrected chi connectivity index (χ3v) is 1.99. The standard InChI is InChI=1S/C11H15F2N/c1-11(12,13)7-9-5-3-4-6-10(9)8-14-2/h3-6,14H,7-8H2,1-2H3. The molecule has 0 heterocycles. The van der Waals surface area contributed by atoms with Crippen LogP contribution in [0.4, 0.5) is 8.78 Å². The van der Waals surface area contributed by atoms with E-state index in [2.05, 4.69) is 5.32 Å². The third kappa shape index (κ3) is 3.42. The SMILES string of the molecule is CNCc1ccccc1CC(C)(F)F. The van der Waals surface area contributed by atoms with Crippen LogP contribution in [0.1, 0.15) is 18.1 Å². The summed E-state index contributed by atoms with van der Waals surface area (Å²) in [5.74, 6) is -2.64. The second kappa shape index (κ2) is 4.51. The van der Waals surface area contributed by atoms with E-state index in [0.717, 1.165) is 12.5 Å². The summed E-state index contributed by atoms with van der Waals surface area (Å²) in [6, 6.07) is 7.28. The van der Waals surface area contributed by atoms with E-state index in [1.165, 1.54) is 0 Å². The minimum atomic E-state index is -2.64. The van der Waals surface area contributed by atoms with Gasteiger partial charge in [0.25, 0.3) is 0 Å². The van der Waals surface area contributed by atoms with Crippen LogP contribution in [0.5, 0.6) is 0 Å². The van der Waals surface area contributed by atoms with Crippen molar-refractivity contribution >= 4 is 0 Å². The number of hydrogen-bond acceptors (Lipinski definition) is 1. The molecule has 1 rings (SSSR count). The highest BCUT2D eigenvalue weighted by Crippen LogP contribution is 2.21. The van der Waals surface area contributed by atoms with Crippen molar-refractivity contribution in [2.75, 3.05) is 7.05 Å². The smallest absolute Gasteiger partial charge is 0.249 e. The van der Waals surface area contributed by atoms with Crippen LogP contribution in [0, 0.1) is 0 Å². The van der Waals surface area contributed by atoms with Gasteiger partial charge in [-0.15, -0.1) is 0 Å². The molecule has 0 bridgehead atoms. The second-order valence-corrected chi connectivity index (χ2v) is 3.55. The second-order valence-electron chi connectivity index (χ2n) is 3.55. The van der Waals surface area contributed by atoms with Gasteiger partial charge in [0.1, 0.15) is 0 Å². The third-order valence-electron chi connectivity index (χ3n) is 1.99. The monoisotopic (exact) mass is 199 g/mol. The van der Waals surface area contributed by atoms with Crippen molar-refractivity contribution in [3.05, 3.63) is 35.4 Å². The predicted octanol–water partition coefficient (Wildman–Crippen LogP) is 2.60. The molecular formula is C11H15F2N. The van der Waals surface area contributed by atoms with Crippen LogP contribution in [0.15, 0.2) is 24.3 Å². The van der Waals surface area contributed by atoms with Crippen LogP contribution >= 0.6 is 0 Å². The highest BCUT2D eigenvalue weighted by Gasteiger charge is 2.22. The quantitative estimate of drug-likeness (QED) is 0.786. The molecule has 0 aliphatic carbocycles. The van der Waals surface area contributed by atoms with Crippen molar-refractivity contribution in [3.8, 4) is 0 Å². The Morgan fingerprint density at radius 3 is 2.29 bits per heavy atom. The molecule has 14 heavy (non-hydrogen) atoms. The average molecular weight is 199 g/mol. The molecule has 1 N–H and O–H groups in total. The fourth-order valence-corrected chi connectivity index (χ4v) is 1.43. The summed E-state index contributed by atoms with van der Waals surface area (Å²) < 4.78 is 25.6. The normalized spacial score (nSPS) is 11.7. The van der Waals surface area contributed by atoms with Crippen molar-refractivity contribution < 1.29 is 8.78 Å². The van der Waals surface area contributed by atoms with Crippen molar-refractivity contribution in [3.63, 3.8) is 0 Å². The number of nitrogens with one attached hydrogen (secondary N) is 1. The molecule has 1 aromatic rings. The van der Waals surface area contributed by atoms with Gasteiger partial charge in [0, 0.05) is 13.0 Å². The number of halogens is 2. The molecule has 0 aliphatic rings. The van der Waals surface area contributed by atoms with Crippen LogP contribution < -0.4 is 5.32 Å². The summed E-state index contributed by atoms with van der Waals surface area (Å²) >= 11 is 0. The molecule has 0 atom stereocenters. The maximum atomic E-state index is 12.8. The average Bonchev–Trinajstić information content (AvgIpc) is 2.06. The van der Waals surface area contributed by atoms with E-state index in [1.807, 2.05) is 12.1 Å². The van der Waals surface area contributed by atoms with Crippen molar-refractivity contribution in [2.24, 2.45) is 0 Å². The minimum Gasteiger partial charge on any atom is -0.316 e. The Hall–Kier alpha value is -0.960. The van der Waals surface area contributed by atoms with Crippen LogP contribution in [-0.4, -0.2) is 13.0 Å². The number of benzene rings is 1. The van der Waals surface area contributed by atoms with Crippen molar-refractivity contribution in [2.45, 2.75) is 25.8 Å². The summed E-state index contributed by atoms with van der Waals surface area (Å²) in [5, 5.41) is 2.97. The summed E-state index contributed by atoms with van der Waals surface area (Å²) in [6.07, 6.45) is -0.190. The van der Waals surface area contributed by atoms with Crippen molar-refractivity contribution in [1.29, 1.82) is 0 Å². The van der Waals surface area contributed by atoms with Crippen LogP contribution in [-0.2, 0) is 13.0 Å². The first-order valence-corrected chi connectivity index (χ1v) is 4.62. The number of hydrogen-bond donors (Lipinski definition) is 1. The van der Waals surface area contributed by atoms with E-state index >= 15 is 0 Å². The van der Waals surface area contributed by atoms with Crippen LogP contribution in [0.2, 0.25) is 0 Å². The van der Waals surface area contributed by atoms with Gasteiger partial charge >= 0.3 is 0 Å². The fourth-order valence-electron chi connectivity index (χ4n) is 1.43. The molecule has 0 aromatic heterocycles. The zero-order valence-electron chi connectivity index (χ0n) is 8.48. The summed E-state index contributed by atoms with van der Waals surface area (Å²) in [4.78, 5) is 0.